The number of halogens is 2. The van der Waals surface area contributed by atoms with E-state index in [1.807, 2.05) is 18.2 Å². The maximum absolute atomic E-state index is 6.21. The van der Waals surface area contributed by atoms with Gasteiger partial charge in [0, 0.05) is 10.5 Å². The van der Waals surface area contributed by atoms with E-state index in [4.69, 9.17) is 11.6 Å². The maximum atomic E-state index is 6.21. The molecule has 0 aliphatic carbocycles. The fourth-order valence-electron chi connectivity index (χ4n) is 2.19. The molecule has 0 saturated heterocycles. The zero-order chi connectivity index (χ0) is 14.5. The van der Waals surface area contributed by atoms with Crippen molar-refractivity contribution >= 4 is 33.2 Å². The van der Waals surface area contributed by atoms with Crippen LogP contribution in [-0.2, 0) is 6.42 Å². The molecule has 0 aromatic heterocycles. The van der Waals surface area contributed by atoms with Crippen LogP contribution in [0.1, 0.15) is 37.4 Å². The van der Waals surface area contributed by atoms with Crippen molar-refractivity contribution in [1.29, 1.82) is 0 Å². The summed E-state index contributed by atoms with van der Waals surface area (Å²) >= 11 is 9.68. The summed E-state index contributed by atoms with van der Waals surface area (Å²) in [6, 6.07) is 14.9. The van der Waals surface area contributed by atoms with Crippen LogP contribution < -0.4 is 5.32 Å². The quantitative estimate of drug-likeness (QED) is 0.672. The number of hydrogen-bond acceptors (Lipinski definition) is 1. The molecule has 0 aliphatic rings. The SMILES string of the molecule is CCCc1ccc(C(C)Nc2cc(Br)ccc2Cl)cc1. The van der Waals surface area contributed by atoms with Crippen molar-refractivity contribution in [3.8, 4) is 0 Å². The molecule has 20 heavy (non-hydrogen) atoms. The van der Waals surface area contributed by atoms with Crippen LogP contribution in [-0.4, -0.2) is 0 Å². The molecule has 0 spiro atoms. The molecule has 1 nitrogen and oxygen atoms in total. The molecule has 2 aromatic carbocycles. The molecule has 2 rings (SSSR count). The molecule has 0 bridgehead atoms. The third-order valence-corrected chi connectivity index (χ3v) is 4.14. The summed E-state index contributed by atoms with van der Waals surface area (Å²) in [6.07, 6.45) is 2.32. The van der Waals surface area contributed by atoms with Crippen LogP contribution >= 0.6 is 27.5 Å². The fourth-order valence-corrected chi connectivity index (χ4v) is 2.72. The van der Waals surface area contributed by atoms with Gasteiger partial charge in [0.2, 0.25) is 0 Å². The molecule has 1 unspecified atom stereocenters. The zero-order valence-electron chi connectivity index (χ0n) is 11.8. The maximum Gasteiger partial charge on any atom is 0.0638 e. The fraction of sp³-hybridized carbons (Fsp3) is 0.294. The Morgan fingerprint density at radius 1 is 1.15 bits per heavy atom. The molecule has 0 aliphatic heterocycles. The van der Waals surface area contributed by atoms with Gasteiger partial charge in [-0.25, -0.2) is 0 Å². The van der Waals surface area contributed by atoms with Crippen molar-refractivity contribution in [2.24, 2.45) is 0 Å². The van der Waals surface area contributed by atoms with Crippen LogP contribution in [0.15, 0.2) is 46.9 Å². The molecule has 1 atom stereocenters. The predicted molar refractivity (Wildman–Crippen MR) is 91.6 cm³/mol. The van der Waals surface area contributed by atoms with Gasteiger partial charge in [0.25, 0.3) is 0 Å². The average Bonchev–Trinajstić information content (AvgIpc) is 2.44. The highest BCUT2D eigenvalue weighted by molar-refractivity contribution is 9.10. The van der Waals surface area contributed by atoms with E-state index in [9.17, 15) is 0 Å². The van der Waals surface area contributed by atoms with Crippen LogP contribution in [0.5, 0.6) is 0 Å². The topological polar surface area (TPSA) is 12.0 Å². The summed E-state index contributed by atoms with van der Waals surface area (Å²) in [5, 5.41) is 4.20. The van der Waals surface area contributed by atoms with E-state index < -0.39 is 0 Å². The molecule has 0 amide bonds. The van der Waals surface area contributed by atoms with E-state index in [2.05, 4.69) is 59.4 Å². The first-order valence-corrected chi connectivity index (χ1v) is 8.07. The van der Waals surface area contributed by atoms with E-state index in [0.29, 0.717) is 0 Å². The predicted octanol–water partition coefficient (Wildman–Crippen LogP) is 6.23. The number of hydrogen-bond donors (Lipinski definition) is 1. The Kier molecular flexibility index (Phi) is 5.50. The van der Waals surface area contributed by atoms with Crippen LogP contribution in [0.4, 0.5) is 5.69 Å². The number of benzene rings is 2. The normalized spacial score (nSPS) is 12.2. The lowest BCUT2D eigenvalue weighted by atomic mass is 10.0. The van der Waals surface area contributed by atoms with Crippen LogP contribution in [0, 0.1) is 0 Å². The van der Waals surface area contributed by atoms with Crippen molar-refractivity contribution < 1.29 is 0 Å². The van der Waals surface area contributed by atoms with Crippen LogP contribution in [0.25, 0.3) is 0 Å². The monoisotopic (exact) mass is 351 g/mol. The van der Waals surface area contributed by atoms with Gasteiger partial charge < -0.3 is 5.32 Å². The van der Waals surface area contributed by atoms with E-state index in [1.54, 1.807) is 0 Å². The Morgan fingerprint density at radius 3 is 2.50 bits per heavy atom. The summed E-state index contributed by atoms with van der Waals surface area (Å²) in [6.45, 7) is 4.35. The second-order valence-electron chi connectivity index (χ2n) is 4.98. The molecule has 1 N–H and O–H groups in total. The lowest BCUT2D eigenvalue weighted by molar-refractivity contribution is 0.876. The van der Waals surface area contributed by atoms with Gasteiger partial charge in [0.05, 0.1) is 10.7 Å². The molecule has 3 heteroatoms. The smallest absolute Gasteiger partial charge is 0.0638 e. The molecule has 0 heterocycles. The second kappa shape index (κ2) is 7.14. The van der Waals surface area contributed by atoms with Gasteiger partial charge in [-0.1, -0.05) is 65.1 Å². The van der Waals surface area contributed by atoms with Gasteiger partial charge in [0.1, 0.15) is 0 Å². The van der Waals surface area contributed by atoms with E-state index >= 15 is 0 Å². The van der Waals surface area contributed by atoms with E-state index in [-0.39, 0.29) is 6.04 Å². The summed E-state index contributed by atoms with van der Waals surface area (Å²) in [7, 11) is 0. The van der Waals surface area contributed by atoms with Crippen molar-refractivity contribution in [3.05, 3.63) is 63.1 Å². The Labute approximate surface area is 134 Å². The third kappa shape index (κ3) is 4.00. The lowest BCUT2D eigenvalue weighted by Gasteiger charge is -2.17. The zero-order valence-corrected chi connectivity index (χ0v) is 14.1. The van der Waals surface area contributed by atoms with Crippen LogP contribution in [0.3, 0.4) is 0 Å². The highest BCUT2D eigenvalue weighted by Crippen LogP contribution is 2.29. The number of anilines is 1. The summed E-state index contributed by atoms with van der Waals surface area (Å²) in [4.78, 5) is 0. The molecule has 2 aromatic rings. The first kappa shape index (κ1) is 15.4. The summed E-state index contributed by atoms with van der Waals surface area (Å²) in [5.74, 6) is 0. The summed E-state index contributed by atoms with van der Waals surface area (Å²) < 4.78 is 1.02. The van der Waals surface area contributed by atoms with E-state index in [1.165, 1.54) is 17.5 Å². The van der Waals surface area contributed by atoms with E-state index in [0.717, 1.165) is 21.6 Å². The van der Waals surface area contributed by atoms with Crippen molar-refractivity contribution in [1.82, 2.24) is 0 Å². The first-order valence-electron chi connectivity index (χ1n) is 6.90. The minimum Gasteiger partial charge on any atom is -0.377 e. The second-order valence-corrected chi connectivity index (χ2v) is 6.30. The highest BCUT2D eigenvalue weighted by Gasteiger charge is 2.08. The number of aryl methyl sites for hydroxylation is 1. The largest absolute Gasteiger partial charge is 0.377 e. The van der Waals surface area contributed by atoms with Crippen LogP contribution in [0.2, 0.25) is 5.02 Å². The van der Waals surface area contributed by atoms with Crippen molar-refractivity contribution in [2.45, 2.75) is 32.7 Å². The van der Waals surface area contributed by atoms with Gasteiger partial charge in [0.15, 0.2) is 0 Å². The molecular formula is C17H19BrClN. The number of nitrogens with one attached hydrogen (secondary N) is 1. The summed E-state index contributed by atoms with van der Waals surface area (Å²) in [5.41, 5.74) is 3.61. The third-order valence-electron chi connectivity index (χ3n) is 3.32. The Morgan fingerprint density at radius 2 is 1.85 bits per heavy atom. The Bertz CT molecular complexity index is 566. The van der Waals surface area contributed by atoms with Gasteiger partial charge in [-0.2, -0.15) is 0 Å². The highest BCUT2D eigenvalue weighted by atomic mass is 79.9. The molecule has 0 fully saturated rings. The first-order chi connectivity index (χ1) is 9.60. The molecule has 0 radical (unpaired) electrons. The number of rotatable bonds is 5. The van der Waals surface area contributed by atoms with Crippen molar-refractivity contribution in [2.75, 3.05) is 5.32 Å². The van der Waals surface area contributed by atoms with Gasteiger partial charge in [-0.15, -0.1) is 0 Å². The minimum atomic E-state index is 0.220. The van der Waals surface area contributed by atoms with Gasteiger partial charge in [-0.3, -0.25) is 0 Å². The van der Waals surface area contributed by atoms with Gasteiger partial charge in [-0.05, 0) is 42.7 Å². The standard InChI is InChI=1S/C17H19BrClN/c1-3-4-13-5-7-14(8-6-13)12(2)20-17-11-15(18)9-10-16(17)19/h5-12,20H,3-4H2,1-2H3. The van der Waals surface area contributed by atoms with Gasteiger partial charge >= 0.3 is 0 Å². The molecule has 106 valence electrons. The molecule has 0 saturated carbocycles. The molecular weight excluding hydrogens is 334 g/mol. The Hall–Kier alpha value is -0.990. The Balaban J connectivity index is 2.11. The average molecular weight is 353 g/mol. The lowest BCUT2D eigenvalue weighted by Crippen LogP contribution is -2.07. The minimum absolute atomic E-state index is 0.220. The van der Waals surface area contributed by atoms with Crippen molar-refractivity contribution in [3.63, 3.8) is 0 Å².